The van der Waals surface area contributed by atoms with Crippen LogP contribution < -0.4 is 5.32 Å². The van der Waals surface area contributed by atoms with Crippen LogP contribution in [-0.2, 0) is 4.79 Å². The number of halogens is 1. The number of thioether (sulfide) groups is 1. The molecule has 0 aliphatic carbocycles. The molecule has 1 aromatic carbocycles. The Labute approximate surface area is 105 Å². The molecule has 1 saturated heterocycles. The van der Waals surface area contributed by atoms with Gasteiger partial charge in [-0.1, -0.05) is 18.2 Å². The Hall–Kier alpha value is -0.710. The van der Waals surface area contributed by atoms with Crippen molar-refractivity contribution in [3.63, 3.8) is 0 Å². The molecule has 1 fully saturated rings. The monoisotopic (exact) mass is 259 g/mol. The molecule has 0 amide bonds. The lowest BCUT2D eigenvalue weighted by Gasteiger charge is -2.07. The molecule has 1 aliphatic heterocycles. The third kappa shape index (κ3) is 3.40. The van der Waals surface area contributed by atoms with E-state index >= 15 is 0 Å². The average Bonchev–Trinajstić information content (AvgIpc) is 2.68. The van der Waals surface area contributed by atoms with Gasteiger partial charge in [0.25, 0.3) is 0 Å². The van der Waals surface area contributed by atoms with Crippen molar-refractivity contribution >= 4 is 30.1 Å². The van der Waals surface area contributed by atoms with Gasteiger partial charge in [-0.25, -0.2) is 0 Å². The number of nitrogens with one attached hydrogen (secondary N) is 1. The van der Waals surface area contributed by atoms with Gasteiger partial charge in [-0.05, 0) is 18.6 Å². The normalized spacial score (nSPS) is 23.8. The Kier molecular flexibility index (Phi) is 5.12. The standard InChI is InChI=1S/C11H13NO2S.ClH/c13-11(14)10-6-9(7-12-10)15-8-4-2-1-3-5-8;/h1-5,9-10,12H,6-7H2,(H,13,14);1H/t9?,10-;/m0./s1. The van der Waals surface area contributed by atoms with E-state index in [1.165, 1.54) is 4.90 Å². The van der Waals surface area contributed by atoms with Crippen LogP contribution >= 0.6 is 24.2 Å². The van der Waals surface area contributed by atoms with Crippen molar-refractivity contribution in [3.8, 4) is 0 Å². The van der Waals surface area contributed by atoms with E-state index in [2.05, 4.69) is 17.4 Å². The molecule has 2 atom stereocenters. The van der Waals surface area contributed by atoms with Crippen LogP contribution in [0, 0.1) is 0 Å². The van der Waals surface area contributed by atoms with Gasteiger partial charge in [0.05, 0.1) is 0 Å². The van der Waals surface area contributed by atoms with E-state index in [0.717, 1.165) is 6.54 Å². The molecule has 2 N–H and O–H groups in total. The van der Waals surface area contributed by atoms with Gasteiger partial charge in [0.2, 0.25) is 0 Å². The SMILES string of the molecule is Cl.O=C(O)[C@@H]1CC(Sc2ccccc2)CN1. The number of aliphatic carboxylic acids is 1. The summed E-state index contributed by atoms with van der Waals surface area (Å²) >= 11 is 1.75. The molecule has 1 unspecified atom stereocenters. The van der Waals surface area contributed by atoms with Gasteiger partial charge in [0.15, 0.2) is 0 Å². The van der Waals surface area contributed by atoms with Crippen molar-refractivity contribution < 1.29 is 9.90 Å². The second kappa shape index (κ2) is 6.13. The van der Waals surface area contributed by atoms with E-state index < -0.39 is 5.97 Å². The summed E-state index contributed by atoms with van der Waals surface area (Å²) in [7, 11) is 0. The number of hydrogen-bond donors (Lipinski definition) is 2. The molecule has 0 aromatic heterocycles. The van der Waals surface area contributed by atoms with Gasteiger partial charge >= 0.3 is 5.97 Å². The highest BCUT2D eigenvalue weighted by molar-refractivity contribution is 8.00. The van der Waals surface area contributed by atoms with Gasteiger partial charge < -0.3 is 10.4 Å². The fourth-order valence-corrected chi connectivity index (χ4v) is 2.84. The summed E-state index contributed by atoms with van der Waals surface area (Å²) in [6.07, 6.45) is 0.703. The highest BCUT2D eigenvalue weighted by Crippen LogP contribution is 2.28. The topological polar surface area (TPSA) is 49.3 Å². The predicted molar refractivity (Wildman–Crippen MR) is 67.4 cm³/mol. The smallest absolute Gasteiger partial charge is 0.320 e. The van der Waals surface area contributed by atoms with Crippen LogP contribution in [-0.4, -0.2) is 28.9 Å². The lowest BCUT2D eigenvalue weighted by atomic mass is 10.2. The first-order valence-electron chi connectivity index (χ1n) is 4.93. The van der Waals surface area contributed by atoms with Crippen molar-refractivity contribution in [2.45, 2.75) is 22.6 Å². The minimum absolute atomic E-state index is 0. The summed E-state index contributed by atoms with van der Waals surface area (Å²) in [4.78, 5) is 11.9. The number of benzene rings is 1. The van der Waals surface area contributed by atoms with E-state index in [9.17, 15) is 4.79 Å². The predicted octanol–water partition coefficient (Wildman–Crippen LogP) is 2.02. The van der Waals surface area contributed by atoms with Crippen LogP contribution in [0.25, 0.3) is 0 Å². The number of carbonyl (C=O) groups is 1. The Bertz CT molecular complexity index is 347. The molecule has 5 heteroatoms. The Morgan fingerprint density at radius 1 is 1.38 bits per heavy atom. The Morgan fingerprint density at radius 2 is 2.06 bits per heavy atom. The van der Waals surface area contributed by atoms with E-state index in [4.69, 9.17) is 5.11 Å². The fraction of sp³-hybridized carbons (Fsp3) is 0.364. The van der Waals surface area contributed by atoms with Crippen molar-refractivity contribution in [2.75, 3.05) is 6.54 Å². The number of hydrogen-bond acceptors (Lipinski definition) is 3. The quantitative estimate of drug-likeness (QED) is 0.872. The van der Waals surface area contributed by atoms with Crippen molar-refractivity contribution in [2.24, 2.45) is 0 Å². The lowest BCUT2D eigenvalue weighted by molar-refractivity contribution is -0.139. The molecule has 1 heterocycles. The number of carboxylic acids is 1. The number of rotatable bonds is 3. The molecule has 2 rings (SSSR count). The van der Waals surface area contributed by atoms with Crippen molar-refractivity contribution in [1.82, 2.24) is 5.32 Å². The average molecular weight is 260 g/mol. The minimum Gasteiger partial charge on any atom is -0.480 e. The van der Waals surface area contributed by atoms with Gasteiger partial charge in [-0.3, -0.25) is 4.79 Å². The zero-order valence-electron chi connectivity index (χ0n) is 8.63. The van der Waals surface area contributed by atoms with Crippen LogP contribution in [0.4, 0.5) is 0 Å². The second-order valence-electron chi connectivity index (χ2n) is 3.59. The highest BCUT2D eigenvalue weighted by Gasteiger charge is 2.29. The van der Waals surface area contributed by atoms with Crippen LogP contribution in [0.3, 0.4) is 0 Å². The van der Waals surface area contributed by atoms with Gasteiger partial charge in [-0.2, -0.15) is 0 Å². The molecule has 16 heavy (non-hydrogen) atoms. The summed E-state index contributed by atoms with van der Waals surface area (Å²) in [5.74, 6) is -0.744. The molecule has 0 bridgehead atoms. The number of carboxylic acid groups (broad SMARTS) is 1. The molecule has 88 valence electrons. The molecule has 1 aliphatic rings. The first kappa shape index (κ1) is 13.4. The first-order chi connectivity index (χ1) is 7.25. The van der Waals surface area contributed by atoms with Crippen molar-refractivity contribution in [1.29, 1.82) is 0 Å². The molecule has 0 spiro atoms. The second-order valence-corrected chi connectivity index (χ2v) is 4.96. The van der Waals surface area contributed by atoms with Crippen molar-refractivity contribution in [3.05, 3.63) is 30.3 Å². The summed E-state index contributed by atoms with van der Waals surface area (Å²) in [5, 5.41) is 12.2. The summed E-state index contributed by atoms with van der Waals surface area (Å²) < 4.78 is 0. The molecule has 3 nitrogen and oxygen atoms in total. The van der Waals surface area contributed by atoms with Gasteiger partial charge in [-0.15, -0.1) is 24.2 Å². The van der Waals surface area contributed by atoms with Crippen LogP contribution in [0.5, 0.6) is 0 Å². The van der Waals surface area contributed by atoms with Crippen LogP contribution in [0.2, 0.25) is 0 Å². The molecular formula is C11H14ClNO2S. The Morgan fingerprint density at radius 3 is 2.62 bits per heavy atom. The van der Waals surface area contributed by atoms with E-state index in [-0.39, 0.29) is 18.4 Å². The maximum Gasteiger partial charge on any atom is 0.320 e. The lowest BCUT2D eigenvalue weighted by Crippen LogP contribution is -2.29. The molecule has 1 aromatic rings. The Balaban J connectivity index is 0.00000128. The van der Waals surface area contributed by atoms with Crippen LogP contribution in [0.15, 0.2) is 35.2 Å². The summed E-state index contributed by atoms with van der Waals surface area (Å²) in [6.45, 7) is 0.774. The zero-order valence-corrected chi connectivity index (χ0v) is 10.3. The molecule has 0 radical (unpaired) electrons. The largest absolute Gasteiger partial charge is 0.480 e. The summed E-state index contributed by atoms with van der Waals surface area (Å²) in [5.41, 5.74) is 0. The first-order valence-corrected chi connectivity index (χ1v) is 5.81. The molecular weight excluding hydrogens is 246 g/mol. The summed E-state index contributed by atoms with van der Waals surface area (Å²) in [6, 6.07) is 9.72. The van der Waals surface area contributed by atoms with Crippen LogP contribution in [0.1, 0.15) is 6.42 Å². The van der Waals surface area contributed by atoms with E-state index in [1.807, 2.05) is 18.2 Å². The third-order valence-electron chi connectivity index (χ3n) is 2.43. The van der Waals surface area contributed by atoms with Gasteiger partial charge in [0, 0.05) is 16.7 Å². The third-order valence-corrected chi connectivity index (χ3v) is 3.67. The minimum atomic E-state index is -0.744. The van der Waals surface area contributed by atoms with E-state index in [0.29, 0.717) is 11.7 Å². The molecule has 0 saturated carbocycles. The van der Waals surface area contributed by atoms with E-state index in [1.54, 1.807) is 11.8 Å². The maximum absolute atomic E-state index is 10.7. The van der Waals surface area contributed by atoms with Gasteiger partial charge in [0.1, 0.15) is 6.04 Å². The zero-order chi connectivity index (χ0) is 10.7. The maximum atomic E-state index is 10.7. The fourth-order valence-electron chi connectivity index (χ4n) is 1.67. The highest BCUT2D eigenvalue weighted by atomic mass is 35.5.